The Balaban J connectivity index is 1.52. The number of hydrogen-bond donors (Lipinski definition) is 0. The molecule has 3 heterocycles. The third kappa shape index (κ3) is 3.06. The van der Waals surface area contributed by atoms with Crippen molar-refractivity contribution in [3.63, 3.8) is 0 Å². The summed E-state index contributed by atoms with van der Waals surface area (Å²) in [6.45, 7) is 3.88. The van der Waals surface area contributed by atoms with Gasteiger partial charge in [-0.25, -0.2) is 9.07 Å². The Kier molecular flexibility index (Phi) is 4.69. The summed E-state index contributed by atoms with van der Waals surface area (Å²) < 4.78 is 19.1. The highest BCUT2D eigenvalue weighted by atomic mass is 32.1. The van der Waals surface area contributed by atoms with Gasteiger partial charge in [0, 0.05) is 23.5 Å². The number of thiophene rings is 1. The molecule has 1 aliphatic heterocycles. The molecule has 2 aromatic heterocycles. The fourth-order valence-electron chi connectivity index (χ4n) is 4.27. The van der Waals surface area contributed by atoms with Crippen LogP contribution >= 0.6 is 23.6 Å². The normalized spacial score (nSPS) is 19.7. The van der Waals surface area contributed by atoms with E-state index in [2.05, 4.69) is 27.8 Å². The van der Waals surface area contributed by atoms with E-state index in [1.165, 1.54) is 16.5 Å². The van der Waals surface area contributed by atoms with Crippen molar-refractivity contribution in [2.75, 3.05) is 6.54 Å². The van der Waals surface area contributed by atoms with E-state index >= 15 is 0 Å². The first-order chi connectivity index (χ1) is 13.7. The van der Waals surface area contributed by atoms with Gasteiger partial charge in [0.25, 0.3) is 0 Å². The molecule has 1 aliphatic carbocycles. The summed E-state index contributed by atoms with van der Waals surface area (Å²) in [7, 11) is 0. The van der Waals surface area contributed by atoms with Crippen LogP contribution in [0.25, 0.3) is 11.4 Å². The second kappa shape index (κ2) is 7.21. The predicted molar refractivity (Wildman–Crippen MR) is 112 cm³/mol. The lowest BCUT2D eigenvalue weighted by Gasteiger charge is -2.35. The van der Waals surface area contributed by atoms with Crippen LogP contribution in [0.2, 0.25) is 0 Å². The molecule has 0 radical (unpaired) electrons. The number of rotatable bonds is 5. The smallest absolute Gasteiger partial charge is 0.199 e. The molecule has 0 saturated heterocycles. The average Bonchev–Trinajstić information content (AvgIpc) is 3.33. The fourth-order valence-corrected chi connectivity index (χ4v) is 5.53. The van der Waals surface area contributed by atoms with E-state index in [0.29, 0.717) is 34.9 Å². The first-order valence-electron chi connectivity index (χ1n) is 9.92. The Morgan fingerprint density at radius 2 is 2.07 bits per heavy atom. The molecule has 0 amide bonds. The zero-order valence-electron chi connectivity index (χ0n) is 15.8. The fraction of sp³-hybridized carbons (Fsp3) is 0.429. The molecular formula is C21H23FN4S2. The van der Waals surface area contributed by atoms with E-state index in [4.69, 9.17) is 17.3 Å². The predicted octanol–water partition coefficient (Wildman–Crippen LogP) is 5.58. The molecule has 146 valence electrons. The highest BCUT2D eigenvalue weighted by Gasteiger charge is 2.32. The monoisotopic (exact) mass is 414 g/mol. The molecule has 1 atom stereocenters. The highest BCUT2D eigenvalue weighted by molar-refractivity contribution is 7.71. The van der Waals surface area contributed by atoms with Crippen LogP contribution in [-0.4, -0.2) is 25.8 Å². The molecule has 1 fully saturated rings. The quantitative estimate of drug-likeness (QED) is 0.510. The van der Waals surface area contributed by atoms with Crippen molar-refractivity contribution in [2.45, 2.75) is 51.4 Å². The van der Waals surface area contributed by atoms with Crippen molar-refractivity contribution < 1.29 is 4.39 Å². The van der Waals surface area contributed by atoms with E-state index < -0.39 is 0 Å². The summed E-state index contributed by atoms with van der Waals surface area (Å²) in [5.41, 5.74) is 1.98. The summed E-state index contributed by atoms with van der Waals surface area (Å²) in [6, 6.07) is 9.85. The van der Waals surface area contributed by atoms with Gasteiger partial charge in [-0.15, -0.1) is 11.3 Å². The third-order valence-corrected chi connectivity index (χ3v) is 7.21. The first-order valence-corrected chi connectivity index (χ1v) is 11.2. The maximum Gasteiger partial charge on any atom is 0.199 e. The van der Waals surface area contributed by atoms with Crippen molar-refractivity contribution in [1.82, 2.24) is 19.2 Å². The number of benzene rings is 1. The van der Waals surface area contributed by atoms with Gasteiger partial charge in [-0.05, 0) is 67.0 Å². The van der Waals surface area contributed by atoms with Gasteiger partial charge in [0.1, 0.15) is 5.82 Å². The maximum absolute atomic E-state index is 14.5. The van der Waals surface area contributed by atoms with Gasteiger partial charge in [0.15, 0.2) is 10.6 Å². The van der Waals surface area contributed by atoms with Crippen molar-refractivity contribution in [2.24, 2.45) is 0 Å². The zero-order chi connectivity index (χ0) is 19.3. The zero-order valence-corrected chi connectivity index (χ0v) is 17.5. The van der Waals surface area contributed by atoms with Crippen molar-refractivity contribution in [3.8, 4) is 11.4 Å². The van der Waals surface area contributed by atoms with Crippen molar-refractivity contribution >= 4 is 23.6 Å². The van der Waals surface area contributed by atoms with Gasteiger partial charge in [-0.1, -0.05) is 19.1 Å². The lowest BCUT2D eigenvalue weighted by molar-refractivity contribution is 0.129. The van der Waals surface area contributed by atoms with Gasteiger partial charge in [0.2, 0.25) is 0 Å². The number of aromatic nitrogens is 3. The molecule has 0 N–H and O–H groups in total. The van der Waals surface area contributed by atoms with E-state index in [1.807, 2.05) is 22.1 Å². The van der Waals surface area contributed by atoms with E-state index in [0.717, 1.165) is 32.2 Å². The molecule has 0 bridgehead atoms. The Morgan fingerprint density at radius 1 is 1.25 bits per heavy atom. The van der Waals surface area contributed by atoms with Crippen LogP contribution in [0.4, 0.5) is 4.39 Å². The Morgan fingerprint density at radius 3 is 2.82 bits per heavy atom. The molecule has 1 saturated carbocycles. The Bertz CT molecular complexity index is 1060. The van der Waals surface area contributed by atoms with Crippen molar-refractivity contribution in [1.29, 1.82) is 0 Å². The van der Waals surface area contributed by atoms with Crippen molar-refractivity contribution in [3.05, 3.63) is 56.7 Å². The molecule has 0 unspecified atom stereocenters. The first kappa shape index (κ1) is 18.2. The molecular weight excluding hydrogens is 391 g/mol. The minimum absolute atomic E-state index is 0.246. The van der Waals surface area contributed by atoms with Gasteiger partial charge < -0.3 is 0 Å². The van der Waals surface area contributed by atoms with Gasteiger partial charge in [-0.3, -0.25) is 9.47 Å². The second-order valence-corrected chi connectivity index (χ2v) is 8.98. The Hall–Kier alpha value is -1.83. The molecule has 3 aromatic rings. The standard InChI is InChI=1S/C21H23FN4S2/c1-2-18-16-10-12-28-19(16)9-11-24(18)13-25-21(27)26(14-7-8-14)20(23-25)15-5-3-4-6-17(15)22/h3-6,10,12,14,18H,2,7-9,11,13H2,1H3/t18-/m0/s1. The summed E-state index contributed by atoms with van der Waals surface area (Å²) >= 11 is 7.65. The van der Waals surface area contributed by atoms with Crippen LogP contribution in [0.3, 0.4) is 0 Å². The summed E-state index contributed by atoms with van der Waals surface area (Å²) in [5.74, 6) is 0.413. The van der Waals surface area contributed by atoms with E-state index in [-0.39, 0.29) is 5.82 Å². The van der Waals surface area contributed by atoms with Crippen LogP contribution in [0, 0.1) is 10.6 Å². The maximum atomic E-state index is 14.5. The minimum atomic E-state index is -0.246. The van der Waals surface area contributed by atoms with Crippen LogP contribution in [0.5, 0.6) is 0 Å². The van der Waals surface area contributed by atoms with Gasteiger partial charge >= 0.3 is 0 Å². The van der Waals surface area contributed by atoms with Gasteiger partial charge in [0.05, 0.1) is 12.2 Å². The summed E-state index contributed by atoms with van der Waals surface area (Å²) in [6.07, 6.45) is 4.29. The largest absolute Gasteiger partial charge is 0.297 e. The Labute approximate surface area is 173 Å². The van der Waals surface area contributed by atoms with Crippen LogP contribution in [0.15, 0.2) is 35.7 Å². The van der Waals surface area contributed by atoms with Crippen LogP contribution in [-0.2, 0) is 13.1 Å². The summed E-state index contributed by atoms with van der Waals surface area (Å²) in [5, 5.41) is 7.00. The molecule has 1 aromatic carbocycles. The second-order valence-electron chi connectivity index (χ2n) is 7.61. The van der Waals surface area contributed by atoms with Crippen LogP contribution < -0.4 is 0 Å². The molecule has 2 aliphatic rings. The van der Waals surface area contributed by atoms with Gasteiger partial charge in [-0.2, -0.15) is 5.10 Å². The average molecular weight is 415 g/mol. The lowest BCUT2D eigenvalue weighted by Crippen LogP contribution is -2.36. The minimum Gasteiger partial charge on any atom is -0.297 e. The van der Waals surface area contributed by atoms with E-state index in [1.54, 1.807) is 12.1 Å². The molecule has 5 rings (SSSR count). The molecule has 4 nitrogen and oxygen atoms in total. The number of nitrogens with zero attached hydrogens (tertiary/aromatic N) is 4. The SMILES string of the molecule is CC[C@H]1c2ccsc2CCN1Cn1nc(-c2ccccc2F)n(C2CC2)c1=S. The number of halogens is 1. The number of fused-ring (bicyclic) bond motifs is 1. The third-order valence-electron chi connectivity index (χ3n) is 5.81. The molecule has 0 spiro atoms. The molecule has 7 heteroatoms. The topological polar surface area (TPSA) is 26.0 Å². The van der Waals surface area contributed by atoms with E-state index in [9.17, 15) is 4.39 Å². The highest BCUT2D eigenvalue weighted by Crippen LogP contribution is 2.40. The lowest BCUT2D eigenvalue weighted by atomic mass is 9.98. The summed E-state index contributed by atoms with van der Waals surface area (Å²) in [4.78, 5) is 3.96. The number of hydrogen-bond acceptors (Lipinski definition) is 4. The van der Waals surface area contributed by atoms with Crippen LogP contribution in [0.1, 0.15) is 48.7 Å². The molecule has 28 heavy (non-hydrogen) atoms.